The topological polar surface area (TPSA) is 77.6 Å². The molecule has 0 aromatic carbocycles. The summed E-state index contributed by atoms with van der Waals surface area (Å²) in [4.78, 5) is 11.6. The number of aromatic nitrogens is 5. The summed E-state index contributed by atoms with van der Waals surface area (Å²) in [6.07, 6.45) is 5.38. The lowest BCUT2D eigenvalue weighted by atomic mass is 10.3. The fraction of sp³-hybridized carbons (Fsp3) is 0.429. The summed E-state index contributed by atoms with van der Waals surface area (Å²) in [6.45, 7) is 9.64. The van der Waals surface area contributed by atoms with Crippen LogP contribution in [0.15, 0.2) is 30.2 Å². The molecule has 0 fully saturated rings. The van der Waals surface area contributed by atoms with Crippen molar-refractivity contribution in [3.63, 3.8) is 0 Å². The van der Waals surface area contributed by atoms with Crippen LogP contribution in [0.5, 0.6) is 0 Å². The number of nitrogens with zero attached hydrogens (tertiary/aromatic N) is 5. The van der Waals surface area contributed by atoms with E-state index in [1.54, 1.807) is 12.3 Å². The fourth-order valence-corrected chi connectivity index (χ4v) is 2.75. The van der Waals surface area contributed by atoms with Crippen LogP contribution in [0.2, 0.25) is 0 Å². The Morgan fingerprint density at radius 2 is 2.23 bits per heavy atom. The van der Waals surface area contributed by atoms with Crippen molar-refractivity contribution in [2.24, 2.45) is 0 Å². The first kappa shape index (κ1) is 16.3. The van der Waals surface area contributed by atoms with E-state index in [1.807, 2.05) is 29.3 Å². The number of amides is 1. The van der Waals surface area contributed by atoms with Crippen molar-refractivity contribution < 1.29 is 4.79 Å². The van der Waals surface area contributed by atoms with E-state index in [0.29, 0.717) is 12.3 Å². The van der Waals surface area contributed by atoms with Gasteiger partial charge in [0.2, 0.25) is 5.91 Å². The third-order valence-corrected chi connectivity index (χ3v) is 3.99. The van der Waals surface area contributed by atoms with Gasteiger partial charge in [-0.1, -0.05) is 17.8 Å². The van der Waals surface area contributed by atoms with Gasteiger partial charge in [0.1, 0.15) is 0 Å². The highest BCUT2D eigenvalue weighted by molar-refractivity contribution is 7.99. The van der Waals surface area contributed by atoms with Gasteiger partial charge in [-0.3, -0.25) is 9.48 Å². The van der Waals surface area contributed by atoms with Gasteiger partial charge in [0.15, 0.2) is 11.0 Å². The molecule has 0 saturated carbocycles. The van der Waals surface area contributed by atoms with E-state index >= 15 is 0 Å². The Labute approximate surface area is 133 Å². The molecule has 22 heavy (non-hydrogen) atoms. The monoisotopic (exact) mass is 320 g/mol. The molecule has 2 aromatic heterocycles. The third kappa shape index (κ3) is 3.76. The number of hydrogen-bond donors (Lipinski definition) is 1. The summed E-state index contributed by atoms with van der Waals surface area (Å²) in [5.41, 5.74) is 0.930. The van der Waals surface area contributed by atoms with E-state index in [-0.39, 0.29) is 5.91 Å². The van der Waals surface area contributed by atoms with Crippen LogP contribution in [-0.4, -0.2) is 42.7 Å². The number of carbonyl (C=O) groups excluding carboxylic acids is 1. The predicted octanol–water partition coefficient (Wildman–Crippen LogP) is 1.58. The maximum Gasteiger partial charge on any atom is 0.230 e. The summed E-state index contributed by atoms with van der Waals surface area (Å²) >= 11 is 1.37. The summed E-state index contributed by atoms with van der Waals surface area (Å²) in [6, 6.07) is 0. The van der Waals surface area contributed by atoms with E-state index in [2.05, 4.69) is 27.2 Å². The Bertz CT molecular complexity index is 648. The molecule has 118 valence electrons. The SMILES string of the molecule is C=CCNC(=O)CSc1nnc(-c2cnn(CC)c2)n1CC. The Balaban J connectivity index is 2.10. The fourth-order valence-electron chi connectivity index (χ4n) is 1.91. The Morgan fingerprint density at radius 1 is 1.41 bits per heavy atom. The van der Waals surface area contributed by atoms with Crippen molar-refractivity contribution in [1.29, 1.82) is 0 Å². The quantitative estimate of drug-likeness (QED) is 0.590. The molecule has 0 aliphatic rings. The van der Waals surface area contributed by atoms with Crippen molar-refractivity contribution >= 4 is 17.7 Å². The van der Waals surface area contributed by atoms with Gasteiger partial charge < -0.3 is 9.88 Å². The maximum absolute atomic E-state index is 11.6. The molecule has 1 N–H and O–H groups in total. The number of aryl methyl sites for hydroxylation is 1. The lowest BCUT2D eigenvalue weighted by Gasteiger charge is -2.06. The lowest BCUT2D eigenvalue weighted by molar-refractivity contribution is -0.118. The summed E-state index contributed by atoms with van der Waals surface area (Å²) < 4.78 is 3.84. The zero-order chi connectivity index (χ0) is 15.9. The van der Waals surface area contributed by atoms with Crippen molar-refractivity contribution in [1.82, 2.24) is 29.9 Å². The first-order valence-electron chi connectivity index (χ1n) is 7.16. The minimum Gasteiger partial charge on any atom is -0.352 e. The van der Waals surface area contributed by atoms with Crippen molar-refractivity contribution in [2.75, 3.05) is 12.3 Å². The number of rotatable bonds is 8. The zero-order valence-corrected chi connectivity index (χ0v) is 13.6. The number of thioether (sulfide) groups is 1. The highest BCUT2D eigenvalue weighted by Crippen LogP contribution is 2.23. The number of hydrogen-bond acceptors (Lipinski definition) is 5. The molecular formula is C14H20N6OS. The Kier molecular flexibility index (Phi) is 5.76. The molecule has 0 saturated heterocycles. The molecule has 0 spiro atoms. The number of carbonyl (C=O) groups is 1. The molecule has 0 radical (unpaired) electrons. The second-order valence-electron chi connectivity index (χ2n) is 4.52. The van der Waals surface area contributed by atoms with Crippen molar-refractivity contribution in [2.45, 2.75) is 32.1 Å². The second-order valence-corrected chi connectivity index (χ2v) is 5.46. The van der Waals surface area contributed by atoms with E-state index in [1.165, 1.54) is 11.8 Å². The standard InChI is InChI=1S/C14H20N6OS/c1-4-7-15-12(21)10-22-14-18-17-13(20(14)6-3)11-8-16-19(5-2)9-11/h4,8-9H,1,5-7,10H2,2-3H3,(H,15,21). The molecule has 2 heterocycles. The van der Waals surface area contributed by atoms with Gasteiger partial charge in [0.25, 0.3) is 0 Å². The molecule has 1 amide bonds. The zero-order valence-electron chi connectivity index (χ0n) is 12.8. The average Bonchev–Trinajstić information content (AvgIpc) is 3.16. The first-order valence-corrected chi connectivity index (χ1v) is 8.14. The van der Waals surface area contributed by atoms with Crippen LogP contribution >= 0.6 is 11.8 Å². The highest BCUT2D eigenvalue weighted by atomic mass is 32.2. The third-order valence-electron chi connectivity index (χ3n) is 3.02. The summed E-state index contributed by atoms with van der Waals surface area (Å²) in [5.74, 6) is 1.03. The molecule has 0 atom stereocenters. The lowest BCUT2D eigenvalue weighted by Crippen LogP contribution is -2.25. The van der Waals surface area contributed by atoms with Crippen LogP contribution in [0.1, 0.15) is 13.8 Å². The average molecular weight is 320 g/mol. The molecular weight excluding hydrogens is 300 g/mol. The Morgan fingerprint density at radius 3 is 2.86 bits per heavy atom. The summed E-state index contributed by atoms with van der Waals surface area (Å²) in [7, 11) is 0. The normalized spacial score (nSPS) is 10.6. The van der Waals surface area contributed by atoms with Crippen LogP contribution in [0.25, 0.3) is 11.4 Å². The van der Waals surface area contributed by atoms with Crippen molar-refractivity contribution in [3.8, 4) is 11.4 Å². The van der Waals surface area contributed by atoms with E-state index in [4.69, 9.17) is 0 Å². The smallest absolute Gasteiger partial charge is 0.230 e. The van der Waals surface area contributed by atoms with E-state index < -0.39 is 0 Å². The molecule has 7 nitrogen and oxygen atoms in total. The minimum atomic E-state index is -0.0455. The molecule has 8 heteroatoms. The molecule has 2 aromatic rings. The maximum atomic E-state index is 11.6. The van der Waals surface area contributed by atoms with Crippen LogP contribution < -0.4 is 5.32 Å². The summed E-state index contributed by atoms with van der Waals surface area (Å²) in [5, 5.41) is 16.2. The van der Waals surface area contributed by atoms with Gasteiger partial charge in [-0.25, -0.2) is 0 Å². The predicted molar refractivity (Wildman–Crippen MR) is 86.5 cm³/mol. The molecule has 0 bridgehead atoms. The van der Waals surface area contributed by atoms with E-state index in [9.17, 15) is 4.79 Å². The van der Waals surface area contributed by atoms with E-state index in [0.717, 1.165) is 29.6 Å². The first-order chi connectivity index (χ1) is 10.7. The Hall–Kier alpha value is -2.09. The van der Waals surface area contributed by atoms with Crippen LogP contribution in [0, 0.1) is 0 Å². The molecule has 0 unspecified atom stereocenters. The van der Waals surface area contributed by atoms with Crippen LogP contribution in [0.4, 0.5) is 0 Å². The van der Waals surface area contributed by atoms with Crippen LogP contribution in [-0.2, 0) is 17.9 Å². The van der Waals surface area contributed by atoms with Gasteiger partial charge in [-0.2, -0.15) is 5.10 Å². The number of nitrogens with one attached hydrogen (secondary N) is 1. The highest BCUT2D eigenvalue weighted by Gasteiger charge is 2.15. The van der Waals surface area contributed by atoms with Gasteiger partial charge in [-0.15, -0.1) is 16.8 Å². The second kappa shape index (κ2) is 7.79. The molecule has 0 aliphatic heterocycles. The van der Waals surface area contributed by atoms with Crippen molar-refractivity contribution in [3.05, 3.63) is 25.0 Å². The molecule has 0 aliphatic carbocycles. The largest absolute Gasteiger partial charge is 0.352 e. The minimum absolute atomic E-state index is 0.0455. The van der Waals surface area contributed by atoms with Gasteiger partial charge in [-0.05, 0) is 13.8 Å². The van der Waals surface area contributed by atoms with Gasteiger partial charge >= 0.3 is 0 Å². The van der Waals surface area contributed by atoms with Crippen LogP contribution in [0.3, 0.4) is 0 Å². The van der Waals surface area contributed by atoms with Gasteiger partial charge in [0, 0.05) is 25.8 Å². The van der Waals surface area contributed by atoms with Gasteiger partial charge in [0.05, 0.1) is 17.5 Å². The molecule has 2 rings (SSSR count).